The molecule has 0 unspecified atom stereocenters. The zero-order valence-corrected chi connectivity index (χ0v) is 12.3. The summed E-state index contributed by atoms with van der Waals surface area (Å²) in [6.07, 6.45) is -1.91. The normalized spacial score (nSPS) is 18.9. The van der Waals surface area contributed by atoms with Crippen LogP contribution in [0.3, 0.4) is 0 Å². The van der Waals surface area contributed by atoms with Crippen LogP contribution in [-0.2, 0) is 9.47 Å². The number of unbranched alkanes of at least 4 members (excludes halogenated alkanes) is 1. The van der Waals surface area contributed by atoms with Crippen molar-refractivity contribution >= 4 is 0 Å². The van der Waals surface area contributed by atoms with Crippen molar-refractivity contribution in [3.63, 3.8) is 0 Å². The molecule has 0 aromatic carbocycles. The van der Waals surface area contributed by atoms with Crippen molar-refractivity contribution in [3.8, 4) is 0 Å². The molecule has 1 N–H and O–H groups in total. The maximum Gasteiger partial charge on any atom is 0.401 e. The Morgan fingerprint density at radius 1 is 1.15 bits per heavy atom. The lowest BCUT2D eigenvalue weighted by atomic mass is 10.1. The van der Waals surface area contributed by atoms with E-state index in [9.17, 15) is 13.2 Å². The van der Waals surface area contributed by atoms with E-state index in [0.717, 1.165) is 12.8 Å². The third-order valence-electron chi connectivity index (χ3n) is 3.33. The molecule has 0 saturated carbocycles. The second kappa shape index (κ2) is 8.17. The number of likely N-dealkylation sites (N-methyl/N-ethyl adjacent to an activating group) is 1. The van der Waals surface area contributed by atoms with Crippen molar-refractivity contribution in [1.82, 2.24) is 10.2 Å². The molecule has 20 heavy (non-hydrogen) atoms. The molecule has 1 heterocycles. The van der Waals surface area contributed by atoms with E-state index in [-0.39, 0.29) is 0 Å². The van der Waals surface area contributed by atoms with Crippen molar-refractivity contribution in [1.29, 1.82) is 0 Å². The number of halogens is 3. The fraction of sp³-hybridized carbons (Fsp3) is 1.00. The Morgan fingerprint density at radius 3 is 2.35 bits per heavy atom. The number of nitrogens with zero attached hydrogens (tertiary/aromatic N) is 1. The molecule has 0 spiro atoms. The van der Waals surface area contributed by atoms with Crippen LogP contribution in [0.4, 0.5) is 13.2 Å². The highest BCUT2D eigenvalue weighted by Crippen LogP contribution is 2.25. The van der Waals surface area contributed by atoms with Gasteiger partial charge in [-0.2, -0.15) is 13.2 Å². The minimum Gasteiger partial charge on any atom is -0.348 e. The highest BCUT2D eigenvalue weighted by molar-refractivity contribution is 4.70. The van der Waals surface area contributed by atoms with E-state index in [1.165, 1.54) is 4.90 Å². The van der Waals surface area contributed by atoms with Crippen LogP contribution in [0, 0.1) is 0 Å². The third-order valence-corrected chi connectivity index (χ3v) is 3.33. The highest BCUT2D eigenvalue weighted by atomic mass is 19.4. The SMILES string of the molecule is CNCCN(CCCCC1(C)OCCO1)CC(F)(F)F. The van der Waals surface area contributed by atoms with Crippen LogP contribution in [0.5, 0.6) is 0 Å². The van der Waals surface area contributed by atoms with E-state index >= 15 is 0 Å². The molecule has 0 aromatic rings. The summed E-state index contributed by atoms with van der Waals surface area (Å²) in [6, 6.07) is 0. The smallest absolute Gasteiger partial charge is 0.348 e. The molecule has 0 aromatic heterocycles. The number of alkyl halides is 3. The molecule has 1 rings (SSSR count). The number of hydrogen-bond donors (Lipinski definition) is 1. The van der Waals surface area contributed by atoms with Gasteiger partial charge in [0.25, 0.3) is 0 Å². The van der Waals surface area contributed by atoms with E-state index in [2.05, 4.69) is 5.32 Å². The Labute approximate surface area is 118 Å². The second-order valence-electron chi connectivity index (χ2n) is 5.28. The van der Waals surface area contributed by atoms with Crippen molar-refractivity contribution in [2.24, 2.45) is 0 Å². The van der Waals surface area contributed by atoms with E-state index in [1.54, 1.807) is 7.05 Å². The fourth-order valence-corrected chi connectivity index (χ4v) is 2.28. The van der Waals surface area contributed by atoms with E-state index < -0.39 is 18.5 Å². The molecule has 0 radical (unpaired) electrons. The molecule has 0 aliphatic carbocycles. The fourth-order valence-electron chi connectivity index (χ4n) is 2.28. The van der Waals surface area contributed by atoms with Crippen LogP contribution in [0.2, 0.25) is 0 Å². The van der Waals surface area contributed by atoms with Gasteiger partial charge in [0.2, 0.25) is 0 Å². The zero-order chi connectivity index (χ0) is 15.1. The second-order valence-corrected chi connectivity index (χ2v) is 5.28. The summed E-state index contributed by atoms with van der Waals surface area (Å²) >= 11 is 0. The van der Waals surface area contributed by atoms with Gasteiger partial charge in [-0.25, -0.2) is 0 Å². The van der Waals surface area contributed by atoms with Gasteiger partial charge < -0.3 is 14.8 Å². The molecule has 1 fully saturated rings. The maximum absolute atomic E-state index is 12.4. The van der Waals surface area contributed by atoms with Crippen molar-refractivity contribution in [2.75, 3.05) is 46.4 Å². The molecule has 7 heteroatoms. The molecule has 120 valence electrons. The summed E-state index contributed by atoms with van der Waals surface area (Å²) in [5.41, 5.74) is 0. The summed E-state index contributed by atoms with van der Waals surface area (Å²) in [5.74, 6) is -0.542. The monoisotopic (exact) mass is 298 g/mol. The highest BCUT2D eigenvalue weighted by Gasteiger charge is 2.31. The van der Waals surface area contributed by atoms with E-state index in [1.807, 2.05) is 6.92 Å². The lowest BCUT2D eigenvalue weighted by Gasteiger charge is -2.25. The standard InChI is InChI=1S/C13H25F3N2O2/c1-12(19-9-10-20-12)5-3-4-7-18(8-6-17-2)11-13(14,15)16/h17H,3-11H2,1-2H3. The Bertz CT molecular complexity index is 269. The molecule has 1 aliphatic heterocycles. The average molecular weight is 298 g/mol. The predicted octanol–water partition coefficient (Wildman–Crippen LogP) is 2.00. The Morgan fingerprint density at radius 2 is 1.80 bits per heavy atom. The molecule has 0 bridgehead atoms. The molecular formula is C13H25F3N2O2. The molecule has 1 aliphatic rings. The Balaban J connectivity index is 2.23. The van der Waals surface area contributed by atoms with E-state index in [0.29, 0.717) is 39.3 Å². The molecule has 0 amide bonds. The number of nitrogens with one attached hydrogen (secondary N) is 1. The van der Waals surface area contributed by atoms with Gasteiger partial charge in [-0.1, -0.05) is 0 Å². The topological polar surface area (TPSA) is 33.7 Å². The lowest BCUT2D eigenvalue weighted by Crippen LogP contribution is -2.39. The quantitative estimate of drug-likeness (QED) is 0.660. The van der Waals surface area contributed by atoms with Gasteiger partial charge in [0.1, 0.15) is 0 Å². The van der Waals surface area contributed by atoms with Crippen LogP contribution in [0.25, 0.3) is 0 Å². The van der Waals surface area contributed by atoms with Gasteiger partial charge >= 0.3 is 6.18 Å². The van der Waals surface area contributed by atoms with Crippen LogP contribution in [0.15, 0.2) is 0 Å². The molecule has 4 nitrogen and oxygen atoms in total. The first-order valence-electron chi connectivity index (χ1n) is 7.06. The number of hydrogen-bond acceptors (Lipinski definition) is 4. The average Bonchev–Trinajstić information content (AvgIpc) is 2.77. The largest absolute Gasteiger partial charge is 0.401 e. The number of rotatable bonds is 9. The molecule has 1 saturated heterocycles. The van der Waals surface area contributed by atoms with Crippen molar-refractivity contribution in [3.05, 3.63) is 0 Å². The molecule has 0 atom stereocenters. The van der Waals surface area contributed by atoms with Gasteiger partial charge in [-0.3, -0.25) is 4.90 Å². The summed E-state index contributed by atoms with van der Waals surface area (Å²) in [7, 11) is 1.74. The van der Waals surface area contributed by atoms with Gasteiger partial charge in [0, 0.05) is 19.5 Å². The third kappa shape index (κ3) is 7.42. The minimum atomic E-state index is -4.14. The van der Waals surface area contributed by atoms with Gasteiger partial charge in [0.05, 0.1) is 19.8 Å². The zero-order valence-electron chi connectivity index (χ0n) is 12.3. The number of ether oxygens (including phenoxy) is 2. The van der Waals surface area contributed by atoms with Gasteiger partial charge in [-0.05, 0) is 33.4 Å². The maximum atomic E-state index is 12.4. The summed E-state index contributed by atoms with van der Waals surface area (Å²) in [4.78, 5) is 1.44. The summed E-state index contributed by atoms with van der Waals surface area (Å²) in [5, 5.41) is 2.88. The van der Waals surface area contributed by atoms with Gasteiger partial charge in [-0.15, -0.1) is 0 Å². The van der Waals surface area contributed by atoms with Crippen LogP contribution in [-0.4, -0.2) is 63.3 Å². The first-order chi connectivity index (χ1) is 9.35. The van der Waals surface area contributed by atoms with Crippen molar-refractivity contribution < 1.29 is 22.6 Å². The van der Waals surface area contributed by atoms with Gasteiger partial charge in [0.15, 0.2) is 5.79 Å². The van der Waals surface area contributed by atoms with Crippen molar-refractivity contribution in [2.45, 2.75) is 38.1 Å². The van der Waals surface area contributed by atoms with Crippen LogP contribution >= 0.6 is 0 Å². The summed E-state index contributed by atoms with van der Waals surface area (Å²) in [6.45, 7) is 3.63. The van der Waals surface area contributed by atoms with Crippen LogP contribution in [0.1, 0.15) is 26.2 Å². The van der Waals surface area contributed by atoms with E-state index in [4.69, 9.17) is 9.47 Å². The first kappa shape index (κ1) is 17.7. The Kier molecular flexibility index (Phi) is 7.22. The lowest BCUT2D eigenvalue weighted by molar-refractivity contribution is -0.151. The minimum absolute atomic E-state index is 0.403. The Hall–Kier alpha value is -0.370. The summed E-state index contributed by atoms with van der Waals surface area (Å²) < 4.78 is 48.3. The molecular weight excluding hydrogens is 273 g/mol. The predicted molar refractivity (Wildman–Crippen MR) is 70.6 cm³/mol. The van der Waals surface area contributed by atoms with Crippen LogP contribution < -0.4 is 5.32 Å². The first-order valence-corrected chi connectivity index (χ1v) is 7.06.